The average Bonchev–Trinajstić information content (AvgIpc) is 3.34. The number of carbonyl (C=O) groups excluding carboxylic acids is 1. The minimum absolute atomic E-state index is 0.0327. The standard InChI is InChI=1S/C24H43N7O7/c25-4-8-34-10-12-36-14-16-38-18-17-37-15-13-35-11-9-33-7-3-22(32)27-5-1-2-6-31-24-21(19-30-31)23(26)28-20-29-24/h19-20H,1-18,25H2,(H,27,32)(H2,26,28,29). The molecule has 0 aliphatic heterocycles. The van der Waals surface area contributed by atoms with E-state index in [0.717, 1.165) is 23.9 Å². The largest absolute Gasteiger partial charge is 0.383 e. The van der Waals surface area contributed by atoms with Crippen LogP contribution in [-0.4, -0.2) is 118 Å². The van der Waals surface area contributed by atoms with E-state index in [9.17, 15) is 4.79 Å². The van der Waals surface area contributed by atoms with E-state index < -0.39 is 0 Å². The number of hydrogen-bond acceptors (Lipinski definition) is 12. The number of rotatable bonds is 25. The Labute approximate surface area is 223 Å². The predicted molar refractivity (Wildman–Crippen MR) is 141 cm³/mol. The van der Waals surface area contributed by atoms with E-state index >= 15 is 0 Å². The Hall–Kier alpha value is -2.46. The lowest BCUT2D eigenvalue weighted by Gasteiger charge is -2.08. The van der Waals surface area contributed by atoms with Crippen molar-refractivity contribution in [2.24, 2.45) is 5.73 Å². The Morgan fingerprint density at radius 1 is 0.789 bits per heavy atom. The smallest absolute Gasteiger partial charge is 0.222 e. The zero-order chi connectivity index (χ0) is 27.1. The second-order valence-corrected chi connectivity index (χ2v) is 8.13. The van der Waals surface area contributed by atoms with E-state index in [-0.39, 0.29) is 5.91 Å². The van der Waals surface area contributed by atoms with Crippen molar-refractivity contribution in [1.29, 1.82) is 0 Å². The lowest BCUT2D eigenvalue weighted by Crippen LogP contribution is -2.26. The minimum Gasteiger partial charge on any atom is -0.383 e. The fraction of sp³-hybridized carbons (Fsp3) is 0.750. The monoisotopic (exact) mass is 541 g/mol. The number of carbonyl (C=O) groups is 1. The van der Waals surface area contributed by atoms with Gasteiger partial charge < -0.3 is 45.2 Å². The molecule has 14 heteroatoms. The van der Waals surface area contributed by atoms with Crippen molar-refractivity contribution in [1.82, 2.24) is 25.1 Å². The van der Waals surface area contributed by atoms with Crippen molar-refractivity contribution in [3.63, 3.8) is 0 Å². The van der Waals surface area contributed by atoms with E-state index in [1.807, 2.05) is 0 Å². The lowest BCUT2D eigenvalue weighted by atomic mass is 10.3. The molecule has 5 N–H and O–H groups in total. The molecule has 0 atom stereocenters. The van der Waals surface area contributed by atoms with Crippen LogP contribution < -0.4 is 16.8 Å². The highest BCUT2D eigenvalue weighted by atomic mass is 16.6. The molecule has 0 unspecified atom stereocenters. The number of nitrogens with two attached hydrogens (primary N) is 2. The lowest BCUT2D eigenvalue weighted by molar-refractivity contribution is -0.122. The number of anilines is 1. The van der Waals surface area contributed by atoms with Crippen LogP contribution in [0.25, 0.3) is 11.0 Å². The zero-order valence-corrected chi connectivity index (χ0v) is 22.2. The zero-order valence-electron chi connectivity index (χ0n) is 22.2. The number of nitrogen functional groups attached to an aromatic ring is 1. The summed E-state index contributed by atoms with van der Waals surface area (Å²) in [6, 6.07) is 0. The van der Waals surface area contributed by atoms with Gasteiger partial charge in [0.05, 0.1) is 90.9 Å². The molecule has 0 spiro atoms. The Morgan fingerprint density at radius 2 is 1.34 bits per heavy atom. The summed E-state index contributed by atoms with van der Waals surface area (Å²) in [5.74, 6) is 0.392. The van der Waals surface area contributed by atoms with Crippen LogP contribution in [0, 0.1) is 0 Å². The number of unbranched alkanes of at least 4 members (excludes halogenated alkanes) is 1. The summed E-state index contributed by atoms with van der Waals surface area (Å²) in [6.45, 7) is 7.68. The van der Waals surface area contributed by atoms with Crippen LogP contribution in [0.5, 0.6) is 0 Å². The van der Waals surface area contributed by atoms with E-state index in [4.69, 9.17) is 39.9 Å². The predicted octanol–water partition coefficient (Wildman–Crippen LogP) is -0.247. The Morgan fingerprint density at radius 3 is 1.92 bits per heavy atom. The maximum Gasteiger partial charge on any atom is 0.222 e. The highest BCUT2D eigenvalue weighted by Gasteiger charge is 2.07. The Bertz CT molecular complexity index is 872. The Balaban J connectivity index is 1.28. The normalized spacial score (nSPS) is 11.4. The van der Waals surface area contributed by atoms with Gasteiger partial charge in [0.2, 0.25) is 5.91 Å². The van der Waals surface area contributed by atoms with Crippen molar-refractivity contribution in [3.05, 3.63) is 12.5 Å². The Kier molecular flexibility index (Phi) is 17.9. The molecule has 216 valence electrons. The van der Waals surface area contributed by atoms with Crippen LogP contribution in [0.1, 0.15) is 19.3 Å². The topological polar surface area (TPSA) is 180 Å². The molecule has 2 aromatic heterocycles. The van der Waals surface area contributed by atoms with E-state index in [1.54, 1.807) is 10.9 Å². The summed E-state index contributed by atoms with van der Waals surface area (Å²) in [7, 11) is 0. The van der Waals surface area contributed by atoms with Gasteiger partial charge in [0.1, 0.15) is 12.1 Å². The van der Waals surface area contributed by atoms with Crippen molar-refractivity contribution in [2.75, 3.05) is 98.1 Å². The van der Waals surface area contributed by atoms with Gasteiger partial charge in [-0.15, -0.1) is 0 Å². The first-order chi connectivity index (χ1) is 18.7. The molecule has 2 heterocycles. The third-order valence-electron chi connectivity index (χ3n) is 5.18. The molecule has 0 aliphatic carbocycles. The molecule has 2 rings (SSSR count). The summed E-state index contributed by atoms with van der Waals surface area (Å²) >= 11 is 0. The van der Waals surface area contributed by atoms with Crippen molar-refractivity contribution in [2.45, 2.75) is 25.8 Å². The summed E-state index contributed by atoms with van der Waals surface area (Å²) in [6.07, 6.45) is 5.10. The number of ether oxygens (including phenoxy) is 6. The van der Waals surface area contributed by atoms with Crippen LogP contribution in [0.15, 0.2) is 12.5 Å². The van der Waals surface area contributed by atoms with Crippen LogP contribution in [-0.2, 0) is 39.8 Å². The van der Waals surface area contributed by atoms with Gasteiger partial charge in [-0.3, -0.25) is 4.79 Å². The maximum absolute atomic E-state index is 11.9. The first kappa shape index (κ1) is 31.8. The van der Waals surface area contributed by atoms with E-state index in [0.29, 0.717) is 111 Å². The molecular weight excluding hydrogens is 498 g/mol. The van der Waals surface area contributed by atoms with Gasteiger partial charge in [-0.05, 0) is 12.8 Å². The number of aryl methyl sites for hydroxylation is 1. The van der Waals surface area contributed by atoms with Gasteiger partial charge in [-0.1, -0.05) is 0 Å². The molecule has 2 aromatic rings. The van der Waals surface area contributed by atoms with Crippen LogP contribution >= 0.6 is 0 Å². The minimum atomic E-state index is -0.0327. The number of hydrogen-bond donors (Lipinski definition) is 3. The molecule has 0 fully saturated rings. The molecular formula is C24H43N7O7. The van der Waals surface area contributed by atoms with Gasteiger partial charge >= 0.3 is 0 Å². The summed E-state index contributed by atoms with van der Waals surface area (Å²) < 4.78 is 34.1. The molecule has 1 amide bonds. The third-order valence-corrected chi connectivity index (χ3v) is 5.18. The fourth-order valence-corrected chi connectivity index (χ4v) is 3.23. The molecule has 0 bridgehead atoms. The first-order valence-electron chi connectivity index (χ1n) is 13.1. The molecule has 14 nitrogen and oxygen atoms in total. The van der Waals surface area contributed by atoms with Gasteiger partial charge in [0.25, 0.3) is 0 Å². The quantitative estimate of drug-likeness (QED) is 0.141. The van der Waals surface area contributed by atoms with E-state index in [2.05, 4.69) is 20.4 Å². The maximum atomic E-state index is 11.9. The highest BCUT2D eigenvalue weighted by molar-refractivity contribution is 5.84. The number of amides is 1. The van der Waals surface area contributed by atoms with Crippen LogP contribution in [0.2, 0.25) is 0 Å². The number of fused-ring (bicyclic) bond motifs is 1. The first-order valence-corrected chi connectivity index (χ1v) is 13.1. The molecule has 38 heavy (non-hydrogen) atoms. The number of nitrogens with zero attached hydrogens (tertiary/aromatic N) is 4. The third kappa shape index (κ3) is 14.5. The fourth-order valence-electron chi connectivity index (χ4n) is 3.23. The average molecular weight is 542 g/mol. The molecule has 0 radical (unpaired) electrons. The molecule has 0 saturated heterocycles. The summed E-state index contributed by atoms with van der Waals surface area (Å²) in [4.78, 5) is 20.1. The SMILES string of the molecule is NCCOCCOCCOCCOCCOCCOCCC(=O)NCCCCn1ncc2c(N)ncnc21. The van der Waals surface area contributed by atoms with Gasteiger partial charge in [0.15, 0.2) is 5.65 Å². The highest BCUT2D eigenvalue weighted by Crippen LogP contribution is 2.15. The van der Waals surface area contributed by atoms with Gasteiger partial charge in [0, 0.05) is 26.1 Å². The summed E-state index contributed by atoms with van der Waals surface area (Å²) in [5.41, 5.74) is 11.9. The molecule has 0 aliphatic rings. The van der Waals surface area contributed by atoms with Crippen molar-refractivity contribution in [3.8, 4) is 0 Å². The molecule has 0 aromatic carbocycles. The van der Waals surface area contributed by atoms with E-state index in [1.165, 1.54) is 6.33 Å². The molecule has 0 saturated carbocycles. The van der Waals surface area contributed by atoms with Crippen molar-refractivity contribution >= 4 is 22.8 Å². The summed E-state index contributed by atoms with van der Waals surface area (Å²) in [5, 5.41) is 7.95. The second-order valence-electron chi connectivity index (χ2n) is 8.13. The van der Waals surface area contributed by atoms with Gasteiger partial charge in [-0.25, -0.2) is 14.6 Å². The second kappa shape index (κ2) is 21.5. The van der Waals surface area contributed by atoms with Crippen LogP contribution in [0.4, 0.5) is 5.82 Å². The number of aromatic nitrogens is 4. The van der Waals surface area contributed by atoms with Crippen LogP contribution in [0.3, 0.4) is 0 Å². The van der Waals surface area contributed by atoms with Gasteiger partial charge in [-0.2, -0.15) is 5.10 Å². The van der Waals surface area contributed by atoms with Crippen molar-refractivity contribution < 1.29 is 33.2 Å². The number of nitrogens with one attached hydrogen (secondary N) is 1.